The number of amides is 2. The number of para-hydroxylation sites is 1. The minimum absolute atomic E-state index is 0.0990. The van der Waals surface area contributed by atoms with E-state index in [0.29, 0.717) is 21.4 Å². The van der Waals surface area contributed by atoms with Gasteiger partial charge in [-0.05, 0) is 42.7 Å². The molecule has 0 bridgehead atoms. The number of carbonyl (C=O) groups excluding carboxylic acids is 2. The van der Waals surface area contributed by atoms with Crippen LogP contribution in [0.25, 0.3) is 0 Å². The lowest BCUT2D eigenvalue weighted by Crippen LogP contribution is -2.52. The molecular formula is C24H31Cl2FN4O4S. The number of nitrogens with zero attached hydrogens (tertiary/aromatic N) is 3. The number of benzene rings is 2. The molecule has 1 atom stereocenters. The van der Waals surface area contributed by atoms with Gasteiger partial charge in [0.1, 0.15) is 18.4 Å². The number of halogens is 3. The molecule has 0 heterocycles. The molecule has 0 unspecified atom stereocenters. The summed E-state index contributed by atoms with van der Waals surface area (Å²) in [5.74, 6) is -1.78. The van der Waals surface area contributed by atoms with E-state index in [1.165, 1.54) is 50.2 Å². The first-order chi connectivity index (χ1) is 16.7. The van der Waals surface area contributed by atoms with Crippen LogP contribution in [0.15, 0.2) is 42.5 Å². The standard InChI is InChI=1S/C24H31Cl2FN4O4S/c1-16(2)13-28-24(33)17(3)30(14-18-10-11-19(25)12-20(18)26)23(32)15-31(36(34,35)29(4)5)22-9-7-6-8-21(22)27/h6-12,16-17H,13-15H2,1-5H3,(H,28,33)/t17-/m0/s1. The lowest BCUT2D eigenvalue weighted by atomic mass is 10.1. The van der Waals surface area contributed by atoms with E-state index < -0.39 is 40.4 Å². The molecule has 2 aromatic carbocycles. The lowest BCUT2D eigenvalue weighted by Gasteiger charge is -2.33. The third-order valence-corrected chi connectivity index (χ3v) is 7.74. The number of hydrogen-bond acceptors (Lipinski definition) is 4. The quantitative estimate of drug-likeness (QED) is 0.450. The van der Waals surface area contributed by atoms with Crippen LogP contribution in [0, 0.1) is 11.7 Å². The fourth-order valence-electron chi connectivity index (χ4n) is 3.22. The van der Waals surface area contributed by atoms with Crippen LogP contribution in [0.3, 0.4) is 0 Å². The predicted octanol–water partition coefficient (Wildman–Crippen LogP) is 3.93. The van der Waals surface area contributed by atoms with Crippen molar-refractivity contribution in [2.24, 2.45) is 5.92 Å². The number of carbonyl (C=O) groups is 2. The average Bonchev–Trinajstić information content (AvgIpc) is 2.80. The van der Waals surface area contributed by atoms with Crippen LogP contribution >= 0.6 is 23.2 Å². The molecule has 12 heteroatoms. The fourth-order valence-corrected chi connectivity index (χ4v) is 4.76. The summed E-state index contributed by atoms with van der Waals surface area (Å²) in [4.78, 5) is 27.7. The average molecular weight is 562 g/mol. The van der Waals surface area contributed by atoms with Gasteiger partial charge in [0, 0.05) is 37.2 Å². The molecule has 0 saturated heterocycles. The molecular weight excluding hydrogens is 530 g/mol. The Morgan fingerprint density at radius 1 is 1.06 bits per heavy atom. The van der Waals surface area contributed by atoms with Gasteiger partial charge in [0.2, 0.25) is 11.8 Å². The van der Waals surface area contributed by atoms with Gasteiger partial charge in [0.25, 0.3) is 0 Å². The van der Waals surface area contributed by atoms with E-state index in [1.54, 1.807) is 12.1 Å². The molecule has 0 spiro atoms. The van der Waals surface area contributed by atoms with Crippen molar-refractivity contribution < 1.29 is 22.4 Å². The van der Waals surface area contributed by atoms with Crippen molar-refractivity contribution in [2.75, 3.05) is 31.5 Å². The topological polar surface area (TPSA) is 90.0 Å². The molecule has 198 valence electrons. The maximum atomic E-state index is 14.6. The smallest absolute Gasteiger partial charge is 0.304 e. The van der Waals surface area contributed by atoms with E-state index in [-0.39, 0.29) is 23.2 Å². The summed E-state index contributed by atoms with van der Waals surface area (Å²) < 4.78 is 42.3. The van der Waals surface area contributed by atoms with Gasteiger partial charge in [0.05, 0.1) is 5.69 Å². The van der Waals surface area contributed by atoms with Crippen molar-refractivity contribution in [1.29, 1.82) is 0 Å². The third-order valence-electron chi connectivity index (χ3n) is 5.35. The molecule has 2 aromatic rings. The zero-order valence-corrected chi connectivity index (χ0v) is 23.2. The summed E-state index contributed by atoms with van der Waals surface area (Å²) in [5.41, 5.74) is 0.215. The summed E-state index contributed by atoms with van der Waals surface area (Å²) in [6.45, 7) is 4.95. The first-order valence-electron chi connectivity index (χ1n) is 11.2. The van der Waals surface area contributed by atoms with Gasteiger partial charge in [-0.25, -0.2) is 8.70 Å². The molecule has 0 radical (unpaired) electrons. The van der Waals surface area contributed by atoms with Gasteiger partial charge in [0.15, 0.2) is 0 Å². The maximum absolute atomic E-state index is 14.6. The Morgan fingerprint density at radius 3 is 2.25 bits per heavy atom. The van der Waals surface area contributed by atoms with E-state index in [0.717, 1.165) is 10.4 Å². The minimum atomic E-state index is -4.26. The van der Waals surface area contributed by atoms with Crippen LogP contribution < -0.4 is 9.62 Å². The zero-order chi connectivity index (χ0) is 27.2. The van der Waals surface area contributed by atoms with Gasteiger partial charge in [-0.15, -0.1) is 0 Å². The molecule has 0 aliphatic carbocycles. The van der Waals surface area contributed by atoms with Gasteiger partial charge < -0.3 is 10.2 Å². The van der Waals surface area contributed by atoms with Crippen molar-refractivity contribution in [3.63, 3.8) is 0 Å². The van der Waals surface area contributed by atoms with Crippen LogP contribution in [0.5, 0.6) is 0 Å². The first-order valence-corrected chi connectivity index (χ1v) is 13.4. The predicted molar refractivity (Wildman–Crippen MR) is 141 cm³/mol. The van der Waals surface area contributed by atoms with Gasteiger partial charge in [-0.3, -0.25) is 9.59 Å². The Morgan fingerprint density at radius 2 is 1.69 bits per heavy atom. The largest absolute Gasteiger partial charge is 0.354 e. The lowest BCUT2D eigenvalue weighted by molar-refractivity contribution is -0.139. The molecule has 0 saturated carbocycles. The van der Waals surface area contributed by atoms with E-state index in [9.17, 15) is 22.4 Å². The fraction of sp³-hybridized carbons (Fsp3) is 0.417. The number of anilines is 1. The minimum Gasteiger partial charge on any atom is -0.354 e. The number of rotatable bonds is 11. The van der Waals surface area contributed by atoms with Crippen molar-refractivity contribution >= 4 is 50.9 Å². The highest BCUT2D eigenvalue weighted by atomic mass is 35.5. The Kier molecular flexibility index (Phi) is 10.5. The van der Waals surface area contributed by atoms with Gasteiger partial charge >= 0.3 is 10.2 Å². The summed E-state index contributed by atoms with van der Waals surface area (Å²) >= 11 is 12.3. The van der Waals surface area contributed by atoms with Crippen molar-refractivity contribution in [1.82, 2.24) is 14.5 Å². The Bertz CT molecular complexity index is 1190. The van der Waals surface area contributed by atoms with E-state index in [4.69, 9.17) is 23.2 Å². The highest BCUT2D eigenvalue weighted by Crippen LogP contribution is 2.26. The van der Waals surface area contributed by atoms with Crippen LogP contribution in [0.4, 0.5) is 10.1 Å². The normalized spacial score (nSPS) is 12.5. The van der Waals surface area contributed by atoms with Crippen LogP contribution in [-0.2, 0) is 26.3 Å². The van der Waals surface area contributed by atoms with E-state index >= 15 is 0 Å². The van der Waals surface area contributed by atoms with E-state index in [1.807, 2.05) is 13.8 Å². The van der Waals surface area contributed by atoms with Crippen LogP contribution in [0.1, 0.15) is 26.3 Å². The highest BCUT2D eigenvalue weighted by molar-refractivity contribution is 7.90. The SMILES string of the molecule is CC(C)CNC(=O)[C@H](C)N(Cc1ccc(Cl)cc1Cl)C(=O)CN(c1ccccc1F)S(=O)(=O)N(C)C. The summed E-state index contributed by atoms with van der Waals surface area (Å²) in [6, 6.07) is 8.99. The maximum Gasteiger partial charge on any atom is 0.304 e. The Balaban J connectivity index is 2.48. The van der Waals surface area contributed by atoms with Crippen LogP contribution in [-0.4, -0.2) is 62.7 Å². The molecule has 2 amide bonds. The molecule has 0 fully saturated rings. The summed E-state index contributed by atoms with van der Waals surface area (Å²) in [6.07, 6.45) is 0. The molecule has 36 heavy (non-hydrogen) atoms. The number of hydrogen-bond donors (Lipinski definition) is 1. The van der Waals surface area contributed by atoms with Crippen LogP contribution in [0.2, 0.25) is 10.0 Å². The Hall–Kier alpha value is -2.40. The molecule has 8 nitrogen and oxygen atoms in total. The second kappa shape index (κ2) is 12.7. The van der Waals surface area contributed by atoms with Crippen molar-refractivity contribution in [3.8, 4) is 0 Å². The molecule has 0 aromatic heterocycles. The monoisotopic (exact) mass is 560 g/mol. The summed E-state index contributed by atoms with van der Waals surface area (Å²) in [7, 11) is -1.70. The second-order valence-electron chi connectivity index (χ2n) is 8.82. The first kappa shape index (κ1) is 29.8. The zero-order valence-electron chi connectivity index (χ0n) is 20.8. The molecule has 2 rings (SSSR count). The van der Waals surface area contributed by atoms with Gasteiger partial charge in [-0.1, -0.05) is 55.2 Å². The molecule has 0 aliphatic heterocycles. The van der Waals surface area contributed by atoms with Crippen molar-refractivity contribution in [3.05, 3.63) is 63.9 Å². The highest BCUT2D eigenvalue weighted by Gasteiger charge is 2.34. The molecule has 1 N–H and O–H groups in total. The second-order valence-corrected chi connectivity index (χ2v) is 11.7. The van der Waals surface area contributed by atoms with E-state index in [2.05, 4.69) is 5.32 Å². The molecule has 0 aliphatic rings. The third kappa shape index (κ3) is 7.55. The number of nitrogens with one attached hydrogen (secondary N) is 1. The Labute approximate surface area is 222 Å². The van der Waals surface area contributed by atoms with Crippen molar-refractivity contribution in [2.45, 2.75) is 33.4 Å². The summed E-state index contributed by atoms with van der Waals surface area (Å²) in [5, 5.41) is 3.46. The van der Waals surface area contributed by atoms with Gasteiger partial charge in [-0.2, -0.15) is 12.7 Å².